The van der Waals surface area contributed by atoms with Gasteiger partial charge in [0.2, 0.25) is 0 Å². The van der Waals surface area contributed by atoms with Crippen LogP contribution in [-0.2, 0) is 0 Å². The quantitative estimate of drug-likeness (QED) is 0.333. The molecule has 164 valence electrons. The molecule has 0 unspecified atom stereocenters. The fourth-order valence-electron chi connectivity index (χ4n) is 3.10. The number of hydrogen-bond donors (Lipinski definition) is 0. The molecule has 2 aromatic carbocycles. The molecule has 0 saturated carbocycles. The SMILES string of the molecule is CC[C@H](C)c1nc2ccc(Br)cc2c(=O)n1N=Cc1cc(Br)cc(OC)c1OC(C)C. The van der Waals surface area contributed by atoms with Crippen molar-refractivity contribution in [1.29, 1.82) is 0 Å². The van der Waals surface area contributed by atoms with Gasteiger partial charge in [0.1, 0.15) is 5.82 Å². The first kappa shape index (κ1) is 23.5. The number of fused-ring (bicyclic) bond motifs is 1. The molecule has 0 fully saturated rings. The second-order valence-corrected chi connectivity index (χ2v) is 9.33. The molecule has 3 rings (SSSR count). The molecule has 1 heterocycles. The van der Waals surface area contributed by atoms with Gasteiger partial charge in [-0.2, -0.15) is 9.78 Å². The van der Waals surface area contributed by atoms with Crippen LogP contribution in [0.2, 0.25) is 0 Å². The van der Waals surface area contributed by atoms with E-state index < -0.39 is 0 Å². The van der Waals surface area contributed by atoms with Gasteiger partial charge >= 0.3 is 0 Å². The molecule has 0 bridgehead atoms. The second kappa shape index (κ2) is 9.96. The van der Waals surface area contributed by atoms with Crippen molar-refractivity contribution in [2.75, 3.05) is 7.11 Å². The van der Waals surface area contributed by atoms with Crippen LogP contribution in [0.1, 0.15) is 51.4 Å². The number of methoxy groups -OCH3 is 1. The lowest BCUT2D eigenvalue weighted by Gasteiger charge is -2.17. The Kier molecular flexibility index (Phi) is 7.54. The Morgan fingerprint density at radius 2 is 1.90 bits per heavy atom. The maximum atomic E-state index is 13.3. The van der Waals surface area contributed by atoms with Crippen LogP contribution >= 0.6 is 31.9 Å². The normalized spacial score (nSPS) is 12.6. The van der Waals surface area contributed by atoms with Gasteiger partial charge in [0.15, 0.2) is 11.5 Å². The van der Waals surface area contributed by atoms with Crippen molar-refractivity contribution in [2.24, 2.45) is 5.10 Å². The molecule has 6 nitrogen and oxygen atoms in total. The molecule has 0 spiro atoms. The topological polar surface area (TPSA) is 65.7 Å². The molecule has 0 N–H and O–H groups in total. The lowest BCUT2D eigenvalue weighted by molar-refractivity contribution is 0.229. The van der Waals surface area contributed by atoms with Crippen LogP contribution < -0.4 is 15.0 Å². The number of halogens is 2. The molecule has 0 aliphatic heterocycles. The van der Waals surface area contributed by atoms with Gasteiger partial charge in [-0.1, -0.05) is 45.7 Å². The minimum Gasteiger partial charge on any atom is -0.493 e. The Morgan fingerprint density at radius 1 is 1.16 bits per heavy atom. The summed E-state index contributed by atoms with van der Waals surface area (Å²) < 4.78 is 14.5. The number of ether oxygens (including phenoxy) is 2. The average Bonchev–Trinajstić information content (AvgIpc) is 2.73. The molecule has 31 heavy (non-hydrogen) atoms. The third kappa shape index (κ3) is 5.18. The number of aromatic nitrogens is 2. The van der Waals surface area contributed by atoms with Crippen LogP contribution in [0.25, 0.3) is 10.9 Å². The van der Waals surface area contributed by atoms with Crippen molar-refractivity contribution >= 4 is 49.0 Å². The van der Waals surface area contributed by atoms with Gasteiger partial charge in [0.25, 0.3) is 5.56 Å². The summed E-state index contributed by atoms with van der Waals surface area (Å²) in [6.07, 6.45) is 2.39. The standard InChI is InChI=1S/C23H25Br2N3O3/c1-6-14(4)22-27-19-8-7-16(24)10-18(19)23(29)28(22)26-12-15-9-17(25)11-20(30-5)21(15)31-13(2)3/h7-14H,6H2,1-5H3/t14-/m0/s1. The van der Waals surface area contributed by atoms with E-state index in [1.165, 1.54) is 4.68 Å². The van der Waals surface area contributed by atoms with E-state index >= 15 is 0 Å². The monoisotopic (exact) mass is 549 g/mol. The van der Waals surface area contributed by atoms with Crippen LogP contribution in [0.15, 0.2) is 49.2 Å². The third-order valence-corrected chi connectivity index (χ3v) is 5.77. The molecule has 0 saturated heterocycles. The largest absolute Gasteiger partial charge is 0.493 e. The maximum absolute atomic E-state index is 13.3. The van der Waals surface area contributed by atoms with Crippen molar-refractivity contribution in [3.05, 3.63) is 61.0 Å². The molecular weight excluding hydrogens is 526 g/mol. The van der Waals surface area contributed by atoms with Crippen LogP contribution in [0, 0.1) is 0 Å². The summed E-state index contributed by atoms with van der Waals surface area (Å²) >= 11 is 6.94. The zero-order chi connectivity index (χ0) is 22.7. The first-order chi connectivity index (χ1) is 14.7. The number of benzene rings is 2. The lowest BCUT2D eigenvalue weighted by atomic mass is 10.1. The molecule has 1 atom stereocenters. The third-order valence-electron chi connectivity index (χ3n) is 4.82. The zero-order valence-electron chi connectivity index (χ0n) is 18.1. The van der Waals surface area contributed by atoms with Crippen molar-refractivity contribution < 1.29 is 9.47 Å². The van der Waals surface area contributed by atoms with Crippen molar-refractivity contribution in [3.8, 4) is 11.5 Å². The lowest BCUT2D eigenvalue weighted by Crippen LogP contribution is -2.23. The van der Waals surface area contributed by atoms with Crippen LogP contribution in [-0.4, -0.2) is 29.1 Å². The van der Waals surface area contributed by atoms with E-state index in [1.54, 1.807) is 19.4 Å². The van der Waals surface area contributed by atoms with Crippen molar-refractivity contribution in [2.45, 2.75) is 46.1 Å². The summed E-state index contributed by atoms with van der Waals surface area (Å²) in [5.41, 5.74) is 1.13. The van der Waals surface area contributed by atoms with Crippen LogP contribution in [0.3, 0.4) is 0 Å². The summed E-state index contributed by atoms with van der Waals surface area (Å²) in [5.74, 6) is 1.83. The minimum absolute atomic E-state index is 0.0553. The minimum atomic E-state index is -0.217. The molecule has 0 aliphatic carbocycles. The van der Waals surface area contributed by atoms with Crippen molar-refractivity contribution in [3.63, 3.8) is 0 Å². The Balaban J connectivity index is 2.22. The van der Waals surface area contributed by atoms with Crippen molar-refractivity contribution in [1.82, 2.24) is 9.66 Å². The predicted octanol–water partition coefficient (Wildman–Crippen LogP) is 6.11. The van der Waals surface area contributed by atoms with E-state index in [0.717, 1.165) is 15.4 Å². The smallest absolute Gasteiger partial charge is 0.282 e. The van der Waals surface area contributed by atoms with E-state index in [1.807, 2.05) is 45.0 Å². The van der Waals surface area contributed by atoms with E-state index in [4.69, 9.17) is 14.5 Å². The summed E-state index contributed by atoms with van der Waals surface area (Å²) in [6.45, 7) is 7.98. The van der Waals surface area contributed by atoms with Gasteiger partial charge in [0, 0.05) is 20.4 Å². The van der Waals surface area contributed by atoms with Gasteiger partial charge in [0.05, 0.1) is 30.3 Å². The Labute approximate surface area is 198 Å². The highest BCUT2D eigenvalue weighted by molar-refractivity contribution is 9.10. The molecule has 1 aromatic heterocycles. The summed E-state index contributed by atoms with van der Waals surface area (Å²) in [5, 5.41) is 5.06. The van der Waals surface area contributed by atoms with Gasteiger partial charge in [-0.25, -0.2) is 4.98 Å². The Morgan fingerprint density at radius 3 is 2.55 bits per heavy atom. The van der Waals surface area contributed by atoms with Gasteiger partial charge < -0.3 is 9.47 Å². The fourth-order valence-corrected chi connectivity index (χ4v) is 3.91. The fraction of sp³-hybridized carbons (Fsp3) is 0.348. The summed E-state index contributed by atoms with van der Waals surface area (Å²) in [7, 11) is 1.59. The highest BCUT2D eigenvalue weighted by atomic mass is 79.9. The van der Waals surface area contributed by atoms with E-state index in [0.29, 0.717) is 33.8 Å². The highest BCUT2D eigenvalue weighted by Gasteiger charge is 2.17. The number of nitrogens with zero attached hydrogens (tertiary/aromatic N) is 3. The van der Waals surface area contributed by atoms with E-state index in [9.17, 15) is 4.79 Å². The predicted molar refractivity (Wildman–Crippen MR) is 132 cm³/mol. The second-order valence-electron chi connectivity index (χ2n) is 7.50. The zero-order valence-corrected chi connectivity index (χ0v) is 21.3. The first-order valence-electron chi connectivity index (χ1n) is 10.1. The number of hydrogen-bond acceptors (Lipinski definition) is 5. The summed E-state index contributed by atoms with van der Waals surface area (Å²) in [4.78, 5) is 18.1. The Bertz CT molecular complexity index is 1190. The first-order valence-corrected chi connectivity index (χ1v) is 11.6. The van der Waals surface area contributed by atoms with Crippen LogP contribution in [0.5, 0.6) is 11.5 Å². The number of rotatable bonds is 7. The van der Waals surface area contributed by atoms with E-state index in [-0.39, 0.29) is 17.6 Å². The molecule has 3 aromatic rings. The van der Waals surface area contributed by atoms with Gasteiger partial charge in [-0.05, 0) is 50.6 Å². The summed E-state index contributed by atoms with van der Waals surface area (Å²) in [6, 6.07) is 9.21. The van der Waals surface area contributed by atoms with Crippen LogP contribution in [0.4, 0.5) is 0 Å². The highest BCUT2D eigenvalue weighted by Crippen LogP contribution is 2.35. The molecule has 0 amide bonds. The maximum Gasteiger partial charge on any atom is 0.282 e. The average molecular weight is 551 g/mol. The van der Waals surface area contributed by atoms with E-state index in [2.05, 4.69) is 43.9 Å². The Hall–Kier alpha value is -2.19. The van der Waals surface area contributed by atoms with Gasteiger partial charge in [-0.15, -0.1) is 0 Å². The molecule has 0 radical (unpaired) electrons. The molecule has 0 aliphatic rings. The molecular formula is C23H25Br2N3O3. The van der Waals surface area contributed by atoms with Gasteiger partial charge in [-0.3, -0.25) is 4.79 Å². The molecule has 8 heteroatoms.